The molecule has 3 aromatic carbocycles. The third-order valence-corrected chi connectivity index (χ3v) is 4.66. The van der Waals surface area contributed by atoms with Gasteiger partial charge in [-0.15, -0.1) is 0 Å². The molecule has 1 amide bonds. The van der Waals surface area contributed by atoms with E-state index in [0.29, 0.717) is 24.5 Å². The van der Waals surface area contributed by atoms with Crippen LogP contribution in [0.1, 0.15) is 21.5 Å². The minimum absolute atomic E-state index is 0.242. The number of benzene rings is 3. The second kappa shape index (κ2) is 10.4. The van der Waals surface area contributed by atoms with Crippen LogP contribution in [0.25, 0.3) is 0 Å². The van der Waals surface area contributed by atoms with Gasteiger partial charge in [0.05, 0.1) is 0 Å². The van der Waals surface area contributed by atoms with Gasteiger partial charge in [-0.25, -0.2) is 0 Å². The van der Waals surface area contributed by atoms with Crippen LogP contribution in [0.15, 0.2) is 72.8 Å². The van der Waals surface area contributed by atoms with Crippen molar-refractivity contribution in [1.29, 1.82) is 0 Å². The first-order valence-electron chi connectivity index (χ1n) is 9.61. The summed E-state index contributed by atoms with van der Waals surface area (Å²) in [5.74, 6) is 1.08. The van der Waals surface area contributed by atoms with Gasteiger partial charge in [-0.3, -0.25) is 10.1 Å². The number of thiocarbonyl (C=S) groups is 1. The summed E-state index contributed by atoms with van der Waals surface area (Å²) < 4.78 is 11.3. The number of para-hydroxylation sites is 1. The minimum Gasteiger partial charge on any atom is -0.490 e. The Morgan fingerprint density at radius 3 is 2.27 bits per heavy atom. The van der Waals surface area contributed by atoms with Crippen molar-refractivity contribution in [2.75, 3.05) is 18.5 Å². The summed E-state index contributed by atoms with van der Waals surface area (Å²) in [4.78, 5) is 12.5. The van der Waals surface area contributed by atoms with E-state index in [0.717, 1.165) is 17.0 Å². The number of hydrogen-bond donors (Lipinski definition) is 2. The molecule has 0 aliphatic rings. The zero-order valence-electron chi connectivity index (χ0n) is 17.0. The molecular weight excluding hydrogens is 396 g/mol. The van der Waals surface area contributed by atoms with E-state index in [4.69, 9.17) is 21.7 Å². The highest BCUT2D eigenvalue weighted by molar-refractivity contribution is 7.80. The number of anilines is 1. The van der Waals surface area contributed by atoms with Gasteiger partial charge in [0.25, 0.3) is 5.91 Å². The Morgan fingerprint density at radius 2 is 1.53 bits per heavy atom. The van der Waals surface area contributed by atoms with Crippen molar-refractivity contribution >= 4 is 28.9 Å². The summed E-state index contributed by atoms with van der Waals surface area (Å²) >= 11 is 5.26. The van der Waals surface area contributed by atoms with Crippen molar-refractivity contribution in [3.63, 3.8) is 0 Å². The number of carbonyl (C=O) groups is 1. The average molecular weight is 421 g/mol. The topological polar surface area (TPSA) is 59.6 Å². The van der Waals surface area contributed by atoms with Crippen molar-refractivity contribution in [3.05, 3.63) is 89.5 Å². The van der Waals surface area contributed by atoms with Crippen molar-refractivity contribution < 1.29 is 14.3 Å². The van der Waals surface area contributed by atoms with Gasteiger partial charge in [0, 0.05) is 11.3 Å². The fourth-order valence-corrected chi connectivity index (χ4v) is 2.93. The Hall–Kier alpha value is -3.38. The predicted molar refractivity (Wildman–Crippen MR) is 123 cm³/mol. The molecule has 0 bridgehead atoms. The summed E-state index contributed by atoms with van der Waals surface area (Å²) in [6, 6.07) is 22.4. The van der Waals surface area contributed by atoms with E-state index in [2.05, 4.69) is 10.6 Å². The molecule has 3 rings (SSSR count). The molecule has 6 heteroatoms. The molecule has 0 atom stereocenters. The Morgan fingerprint density at radius 1 is 0.833 bits per heavy atom. The van der Waals surface area contributed by atoms with Crippen molar-refractivity contribution in [2.45, 2.75) is 13.8 Å². The van der Waals surface area contributed by atoms with E-state index in [1.807, 2.05) is 62.4 Å². The van der Waals surface area contributed by atoms with E-state index in [1.165, 1.54) is 5.56 Å². The molecule has 2 N–H and O–H groups in total. The van der Waals surface area contributed by atoms with E-state index in [1.54, 1.807) is 24.3 Å². The zero-order chi connectivity index (χ0) is 21.3. The first-order valence-corrected chi connectivity index (χ1v) is 10.0. The van der Waals surface area contributed by atoms with E-state index < -0.39 is 0 Å². The van der Waals surface area contributed by atoms with Gasteiger partial charge in [-0.05, 0) is 79.7 Å². The molecule has 0 aliphatic carbocycles. The monoisotopic (exact) mass is 420 g/mol. The number of hydrogen-bond acceptors (Lipinski definition) is 4. The second-order valence-corrected chi connectivity index (χ2v) is 7.15. The number of nitrogens with one attached hydrogen (secondary N) is 2. The first kappa shape index (κ1) is 21.3. The lowest BCUT2D eigenvalue weighted by Crippen LogP contribution is -2.34. The van der Waals surface area contributed by atoms with Crippen molar-refractivity contribution in [2.24, 2.45) is 0 Å². The Labute approximate surface area is 182 Å². The third-order valence-electron chi connectivity index (χ3n) is 4.45. The molecule has 0 spiro atoms. The van der Waals surface area contributed by atoms with Gasteiger partial charge in [-0.2, -0.15) is 0 Å². The summed E-state index contributed by atoms with van der Waals surface area (Å²) in [7, 11) is 0. The number of amides is 1. The normalized spacial score (nSPS) is 10.2. The average Bonchev–Trinajstić information content (AvgIpc) is 2.75. The maximum atomic E-state index is 12.5. The number of carbonyl (C=O) groups excluding carboxylic acids is 1. The maximum absolute atomic E-state index is 12.5. The molecule has 0 fully saturated rings. The van der Waals surface area contributed by atoms with Crippen LogP contribution in [0.3, 0.4) is 0 Å². The zero-order valence-corrected chi connectivity index (χ0v) is 17.8. The highest BCUT2D eigenvalue weighted by atomic mass is 32.1. The van der Waals surface area contributed by atoms with E-state index >= 15 is 0 Å². The van der Waals surface area contributed by atoms with Crippen LogP contribution in [0.2, 0.25) is 0 Å². The van der Waals surface area contributed by atoms with Gasteiger partial charge in [0.15, 0.2) is 5.11 Å². The van der Waals surface area contributed by atoms with Gasteiger partial charge in [0.1, 0.15) is 24.7 Å². The molecule has 5 nitrogen and oxygen atoms in total. The Balaban J connectivity index is 1.49. The lowest BCUT2D eigenvalue weighted by Gasteiger charge is -2.12. The fourth-order valence-electron chi connectivity index (χ4n) is 2.72. The highest BCUT2D eigenvalue weighted by Crippen LogP contribution is 2.15. The summed E-state index contributed by atoms with van der Waals surface area (Å²) in [6.07, 6.45) is 0. The van der Waals surface area contributed by atoms with Crippen LogP contribution >= 0.6 is 12.2 Å². The molecule has 0 aliphatic heterocycles. The van der Waals surface area contributed by atoms with Crippen LogP contribution in [0.4, 0.5) is 5.69 Å². The molecule has 154 valence electrons. The first-order chi connectivity index (χ1) is 14.5. The lowest BCUT2D eigenvalue weighted by molar-refractivity contribution is 0.0977. The van der Waals surface area contributed by atoms with Gasteiger partial charge in [-0.1, -0.05) is 30.3 Å². The van der Waals surface area contributed by atoms with Crippen molar-refractivity contribution in [3.8, 4) is 11.5 Å². The minimum atomic E-state index is -0.303. The maximum Gasteiger partial charge on any atom is 0.257 e. The SMILES string of the molecule is Cc1ccc(NC(=S)NC(=O)c2cccc(OCCOc3ccccc3)c2)cc1C. The van der Waals surface area contributed by atoms with Crippen LogP contribution < -0.4 is 20.1 Å². The van der Waals surface area contributed by atoms with Crippen LogP contribution in [-0.2, 0) is 0 Å². The summed E-state index contributed by atoms with van der Waals surface area (Å²) in [5.41, 5.74) is 3.64. The van der Waals surface area contributed by atoms with Gasteiger partial charge in [0.2, 0.25) is 0 Å². The summed E-state index contributed by atoms with van der Waals surface area (Å²) in [5, 5.41) is 5.97. The Kier molecular flexibility index (Phi) is 7.40. The summed E-state index contributed by atoms with van der Waals surface area (Å²) in [6.45, 7) is 4.84. The standard InChI is InChI=1S/C24H24N2O3S/c1-17-11-12-20(15-18(17)2)25-24(30)26-23(27)19-7-6-10-22(16-19)29-14-13-28-21-8-4-3-5-9-21/h3-12,15-16H,13-14H2,1-2H3,(H2,25,26,27,30). The van der Waals surface area contributed by atoms with Crippen LogP contribution in [0, 0.1) is 13.8 Å². The largest absolute Gasteiger partial charge is 0.490 e. The molecule has 0 heterocycles. The smallest absolute Gasteiger partial charge is 0.257 e. The predicted octanol–water partition coefficient (Wildman–Crippen LogP) is 4.89. The molecule has 0 unspecified atom stereocenters. The molecule has 0 aromatic heterocycles. The quantitative estimate of drug-likeness (QED) is 0.421. The molecule has 0 saturated carbocycles. The molecule has 0 saturated heterocycles. The lowest BCUT2D eigenvalue weighted by atomic mass is 10.1. The number of rotatable bonds is 7. The Bertz CT molecular complexity index is 1020. The van der Waals surface area contributed by atoms with Crippen LogP contribution in [0.5, 0.6) is 11.5 Å². The van der Waals surface area contributed by atoms with Crippen LogP contribution in [-0.4, -0.2) is 24.2 Å². The van der Waals surface area contributed by atoms with E-state index in [9.17, 15) is 4.79 Å². The number of ether oxygens (including phenoxy) is 2. The van der Waals surface area contributed by atoms with Gasteiger partial charge < -0.3 is 14.8 Å². The van der Waals surface area contributed by atoms with Gasteiger partial charge >= 0.3 is 0 Å². The highest BCUT2D eigenvalue weighted by Gasteiger charge is 2.09. The second-order valence-electron chi connectivity index (χ2n) is 6.75. The molecule has 3 aromatic rings. The fraction of sp³-hybridized carbons (Fsp3) is 0.167. The third kappa shape index (κ3) is 6.32. The van der Waals surface area contributed by atoms with Crippen molar-refractivity contribution in [1.82, 2.24) is 5.32 Å². The van der Waals surface area contributed by atoms with E-state index in [-0.39, 0.29) is 11.0 Å². The number of aryl methyl sites for hydroxylation is 2. The molecule has 30 heavy (non-hydrogen) atoms. The molecule has 0 radical (unpaired) electrons. The molecular formula is C24H24N2O3S.